The Kier molecular flexibility index (Phi) is 4.01. The predicted molar refractivity (Wildman–Crippen MR) is 93.5 cm³/mol. The van der Waals surface area contributed by atoms with Gasteiger partial charge in [0.2, 0.25) is 5.91 Å². The Morgan fingerprint density at radius 2 is 2.08 bits per heavy atom. The summed E-state index contributed by atoms with van der Waals surface area (Å²) in [6, 6.07) is 13.6. The van der Waals surface area contributed by atoms with Gasteiger partial charge in [0, 0.05) is 18.5 Å². The van der Waals surface area contributed by atoms with E-state index in [2.05, 4.69) is 5.32 Å². The molecule has 1 aliphatic rings. The van der Waals surface area contributed by atoms with E-state index in [1.54, 1.807) is 12.1 Å². The number of nitrogens with zero attached hydrogens (tertiary/aromatic N) is 1. The molecular weight excluding hydrogens is 319 g/mol. The van der Waals surface area contributed by atoms with Crippen LogP contribution in [-0.4, -0.2) is 23.9 Å². The van der Waals surface area contributed by atoms with Gasteiger partial charge >= 0.3 is 0 Å². The van der Waals surface area contributed by atoms with Crippen LogP contribution in [0, 0.1) is 12.7 Å². The van der Waals surface area contributed by atoms with Crippen LogP contribution in [0.15, 0.2) is 52.9 Å². The first-order chi connectivity index (χ1) is 12.1. The third kappa shape index (κ3) is 2.91. The second-order valence-corrected chi connectivity index (χ2v) is 6.37. The van der Waals surface area contributed by atoms with Crippen LogP contribution in [0.2, 0.25) is 0 Å². The number of furan rings is 1. The maximum atomic E-state index is 13.6. The first-order valence-corrected chi connectivity index (χ1v) is 8.38. The highest BCUT2D eigenvalue weighted by Crippen LogP contribution is 2.30. The smallest absolute Gasteiger partial charge is 0.242 e. The van der Waals surface area contributed by atoms with E-state index in [0.717, 1.165) is 22.3 Å². The van der Waals surface area contributed by atoms with Gasteiger partial charge in [-0.2, -0.15) is 0 Å². The molecular formula is C20H19FN2O2. The van der Waals surface area contributed by atoms with Crippen molar-refractivity contribution in [2.24, 2.45) is 0 Å². The Morgan fingerprint density at radius 1 is 1.24 bits per heavy atom. The lowest BCUT2D eigenvalue weighted by Crippen LogP contribution is -2.49. The molecule has 1 N–H and O–H groups in total. The van der Waals surface area contributed by atoms with Gasteiger partial charge in [0.15, 0.2) is 0 Å². The molecule has 1 aromatic heterocycles. The second-order valence-electron chi connectivity index (χ2n) is 6.37. The number of halogens is 1. The molecule has 0 bridgehead atoms. The van der Waals surface area contributed by atoms with E-state index in [9.17, 15) is 9.18 Å². The maximum Gasteiger partial charge on any atom is 0.242 e. The highest BCUT2D eigenvalue weighted by Gasteiger charge is 2.32. The van der Waals surface area contributed by atoms with Crippen molar-refractivity contribution in [1.29, 1.82) is 0 Å². The summed E-state index contributed by atoms with van der Waals surface area (Å²) in [5, 5.41) is 3.96. The molecule has 1 fully saturated rings. The second kappa shape index (κ2) is 6.33. The van der Waals surface area contributed by atoms with Crippen molar-refractivity contribution < 1.29 is 13.6 Å². The molecule has 1 unspecified atom stereocenters. The van der Waals surface area contributed by atoms with Gasteiger partial charge in [0.05, 0.1) is 6.54 Å². The molecule has 0 aliphatic carbocycles. The zero-order valence-electron chi connectivity index (χ0n) is 14.0. The van der Waals surface area contributed by atoms with Crippen LogP contribution < -0.4 is 5.32 Å². The van der Waals surface area contributed by atoms with E-state index < -0.39 is 6.04 Å². The molecule has 0 spiro atoms. The van der Waals surface area contributed by atoms with Crippen molar-refractivity contribution >= 4 is 16.9 Å². The van der Waals surface area contributed by atoms with Crippen LogP contribution >= 0.6 is 0 Å². The summed E-state index contributed by atoms with van der Waals surface area (Å²) in [7, 11) is 0. The highest BCUT2D eigenvalue weighted by molar-refractivity contribution is 5.84. The first-order valence-electron chi connectivity index (χ1n) is 8.38. The van der Waals surface area contributed by atoms with Crippen molar-refractivity contribution in [3.05, 3.63) is 71.2 Å². The first kappa shape index (κ1) is 15.8. The number of piperazine rings is 1. The van der Waals surface area contributed by atoms with Crippen LogP contribution in [0.4, 0.5) is 4.39 Å². The minimum atomic E-state index is -0.517. The average molecular weight is 338 g/mol. The summed E-state index contributed by atoms with van der Waals surface area (Å²) in [6.07, 6.45) is 0. The van der Waals surface area contributed by atoms with E-state index in [-0.39, 0.29) is 11.7 Å². The van der Waals surface area contributed by atoms with Crippen LogP contribution in [0.25, 0.3) is 11.0 Å². The number of hydrogen-bond acceptors (Lipinski definition) is 3. The number of rotatable bonds is 3. The Balaban J connectivity index is 1.69. The third-order valence-electron chi connectivity index (χ3n) is 4.77. The molecule has 1 amide bonds. The Labute approximate surface area is 145 Å². The summed E-state index contributed by atoms with van der Waals surface area (Å²) in [5.74, 6) is 0.402. The van der Waals surface area contributed by atoms with Gasteiger partial charge in [-0.3, -0.25) is 9.69 Å². The van der Waals surface area contributed by atoms with Crippen LogP contribution in [-0.2, 0) is 11.3 Å². The van der Waals surface area contributed by atoms with E-state index in [1.807, 2.05) is 36.1 Å². The highest BCUT2D eigenvalue weighted by atomic mass is 19.1. The molecule has 2 aromatic carbocycles. The Hall–Kier alpha value is -2.66. The van der Waals surface area contributed by atoms with Crippen molar-refractivity contribution in [3.8, 4) is 0 Å². The quantitative estimate of drug-likeness (QED) is 0.794. The van der Waals surface area contributed by atoms with Gasteiger partial charge in [0.25, 0.3) is 0 Å². The lowest BCUT2D eigenvalue weighted by Gasteiger charge is -2.34. The SMILES string of the molecule is Cc1c(CN2CCNC(=O)C2c2cccc(F)c2)oc2ccccc12. The predicted octanol–water partition coefficient (Wildman–Crippen LogP) is 3.55. The number of carbonyl (C=O) groups is 1. The molecule has 0 saturated carbocycles. The normalized spacial score (nSPS) is 18.5. The van der Waals surface area contributed by atoms with Gasteiger partial charge in [-0.15, -0.1) is 0 Å². The number of amides is 1. The lowest BCUT2D eigenvalue weighted by molar-refractivity contribution is -0.129. The molecule has 1 atom stereocenters. The number of carbonyl (C=O) groups excluding carboxylic acids is 1. The Bertz CT molecular complexity index is 934. The zero-order chi connectivity index (χ0) is 17.4. The number of para-hydroxylation sites is 1. The number of fused-ring (bicyclic) bond motifs is 1. The van der Waals surface area contributed by atoms with Crippen LogP contribution in [0.3, 0.4) is 0 Å². The van der Waals surface area contributed by atoms with E-state index >= 15 is 0 Å². The molecule has 3 aromatic rings. The summed E-state index contributed by atoms with van der Waals surface area (Å²) >= 11 is 0. The number of nitrogens with one attached hydrogen (secondary N) is 1. The number of benzene rings is 2. The topological polar surface area (TPSA) is 45.5 Å². The monoisotopic (exact) mass is 338 g/mol. The molecule has 128 valence electrons. The van der Waals surface area contributed by atoms with Crippen molar-refractivity contribution in [2.45, 2.75) is 19.5 Å². The fourth-order valence-electron chi connectivity index (χ4n) is 3.48. The van der Waals surface area contributed by atoms with Crippen molar-refractivity contribution in [3.63, 3.8) is 0 Å². The molecule has 0 radical (unpaired) electrons. The van der Waals surface area contributed by atoms with Gasteiger partial charge in [-0.25, -0.2) is 4.39 Å². The van der Waals surface area contributed by atoms with Crippen LogP contribution in [0.1, 0.15) is 22.9 Å². The van der Waals surface area contributed by atoms with Crippen molar-refractivity contribution in [2.75, 3.05) is 13.1 Å². The standard InChI is InChI=1S/C20H19FN2O2/c1-13-16-7-2-3-8-17(16)25-18(13)12-23-10-9-22-20(24)19(23)14-5-4-6-15(21)11-14/h2-8,11,19H,9-10,12H2,1H3,(H,22,24). The fraction of sp³-hybridized carbons (Fsp3) is 0.250. The molecule has 5 heteroatoms. The number of hydrogen-bond donors (Lipinski definition) is 1. The fourth-order valence-corrected chi connectivity index (χ4v) is 3.48. The third-order valence-corrected chi connectivity index (χ3v) is 4.77. The molecule has 1 aliphatic heterocycles. The lowest BCUT2D eigenvalue weighted by atomic mass is 10.0. The van der Waals surface area contributed by atoms with Gasteiger partial charge in [0.1, 0.15) is 23.2 Å². The Morgan fingerprint density at radius 3 is 2.88 bits per heavy atom. The summed E-state index contributed by atoms with van der Waals surface area (Å²) in [5.41, 5.74) is 2.59. The van der Waals surface area contributed by atoms with Gasteiger partial charge < -0.3 is 9.73 Å². The van der Waals surface area contributed by atoms with Crippen molar-refractivity contribution in [1.82, 2.24) is 10.2 Å². The van der Waals surface area contributed by atoms with Gasteiger partial charge in [-0.05, 0) is 36.2 Å². The van der Waals surface area contributed by atoms with Gasteiger partial charge in [-0.1, -0.05) is 30.3 Å². The molecule has 25 heavy (non-hydrogen) atoms. The molecule has 4 rings (SSSR count). The molecule has 2 heterocycles. The maximum absolute atomic E-state index is 13.6. The number of aryl methyl sites for hydroxylation is 1. The van der Waals surface area contributed by atoms with E-state index in [4.69, 9.17) is 4.42 Å². The minimum Gasteiger partial charge on any atom is -0.459 e. The average Bonchev–Trinajstić information content (AvgIpc) is 2.91. The minimum absolute atomic E-state index is 0.106. The van der Waals surface area contributed by atoms with E-state index in [1.165, 1.54) is 12.1 Å². The molecule has 1 saturated heterocycles. The van der Waals surface area contributed by atoms with E-state index in [0.29, 0.717) is 25.2 Å². The zero-order valence-corrected chi connectivity index (χ0v) is 14.0. The largest absolute Gasteiger partial charge is 0.459 e. The molecule has 4 nitrogen and oxygen atoms in total. The summed E-state index contributed by atoms with van der Waals surface area (Å²) < 4.78 is 19.6. The van der Waals surface area contributed by atoms with Crippen LogP contribution in [0.5, 0.6) is 0 Å². The summed E-state index contributed by atoms with van der Waals surface area (Å²) in [4.78, 5) is 14.5. The summed E-state index contributed by atoms with van der Waals surface area (Å²) in [6.45, 7) is 3.80.